The van der Waals surface area contributed by atoms with Gasteiger partial charge in [-0.05, 0) is 32.6 Å². The van der Waals surface area contributed by atoms with E-state index >= 15 is 0 Å². The quantitative estimate of drug-likeness (QED) is 0.304. The highest BCUT2D eigenvalue weighted by Crippen LogP contribution is 2.10. The number of allylic oxidation sites excluding steroid dienone is 3. The fourth-order valence-electron chi connectivity index (χ4n) is 1.78. The van der Waals surface area contributed by atoms with Crippen molar-refractivity contribution in [1.29, 1.82) is 0 Å². The molecule has 15 heavy (non-hydrogen) atoms. The molecule has 0 amide bonds. The van der Waals surface area contributed by atoms with Crippen molar-refractivity contribution in [3.63, 3.8) is 0 Å². The van der Waals surface area contributed by atoms with E-state index in [4.69, 9.17) is 0 Å². The zero-order valence-electron chi connectivity index (χ0n) is 10.5. The summed E-state index contributed by atoms with van der Waals surface area (Å²) in [5, 5.41) is 0. The Kier molecular flexibility index (Phi) is 13.0. The molecule has 0 heteroatoms. The van der Waals surface area contributed by atoms with Crippen molar-refractivity contribution in [3.8, 4) is 0 Å². The average Bonchev–Trinajstić information content (AvgIpc) is 2.26. The second-order valence-corrected chi connectivity index (χ2v) is 4.26. The Bertz CT molecular complexity index is 144. The van der Waals surface area contributed by atoms with E-state index in [0.29, 0.717) is 0 Å². The Balaban J connectivity index is 2.89. The van der Waals surface area contributed by atoms with Crippen LogP contribution in [0.1, 0.15) is 71.1 Å². The van der Waals surface area contributed by atoms with Gasteiger partial charge in [-0.3, -0.25) is 0 Å². The van der Waals surface area contributed by atoms with Crippen LogP contribution in [0.5, 0.6) is 0 Å². The lowest BCUT2D eigenvalue weighted by molar-refractivity contribution is 0.571. The molecule has 0 saturated carbocycles. The molecule has 0 atom stereocenters. The standard InChI is InChI=1S/C15H28/c1-3-5-7-9-11-13-15-14-12-10-8-6-4-2/h3-4,6H,1,5,7-15H2,2H3. The van der Waals surface area contributed by atoms with E-state index in [0.717, 1.165) is 0 Å². The van der Waals surface area contributed by atoms with Crippen LogP contribution in [0.2, 0.25) is 0 Å². The third kappa shape index (κ3) is 13.5. The molecule has 0 spiro atoms. The first-order chi connectivity index (χ1) is 7.41. The van der Waals surface area contributed by atoms with Gasteiger partial charge in [0.2, 0.25) is 0 Å². The molecule has 0 unspecified atom stereocenters. The SMILES string of the molecule is C=CCCCCCCCCCCC=CC. The first-order valence-electron chi connectivity index (χ1n) is 6.64. The van der Waals surface area contributed by atoms with Gasteiger partial charge in [-0.25, -0.2) is 0 Å². The maximum absolute atomic E-state index is 3.74. The van der Waals surface area contributed by atoms with E-state index in [1.807, 2.05) is 6.08 Å². The van der Waals surface area contributed by atoms with E-state index in [9.17, 15) is 0 Å². The van der Waals surface area contributed by atoms with E-state index in [-0.39, 0.29) is 0 Å². The molecule has 0 aliphatic rings. The maximum atomic E-state index is 3.74. The zero-order chi connectivity index (χ0) is 11.2. The molecule has 0 aromatic carbocycles. The van der Waals surface area contributed by atoms with Crippen LogP contribution in [0.15, 0.2) is 24.8 Å². The summed E-state index contributed by atoms with van der Waals surface area (Å²) in [5.41, 5.74) is 0. The van der Waals surface area contributed by atoms with Gasteiger partial charge in [-0.2, -0.15) is 0 Å². The van der Waals surface area contributed by atoms with Gasteiger partial charge in [0, 0.05) is 0 Å². The first-order valence-corrected chi connectivity index (χ1v) is 6.64. The largest absolute Gasteiger partial charge is 0.103 e. The minimum atomic E-state index is 1.20. The van der Waals surface area contributed by atoms with Gasteiger partial charge in [-0.1, -0.05) is 56.8 Å². The van der Waals surface area contributed by atoms with Gasteiger partial charge in [0.1, 0.15) is 0 Å². The summed E-state index contributed by atoms with van der Waals surface area (Å²) < 4.78 is 0. The van der Waals surface area contributed by atoms with Crippen molar-refractivity contribution in [2.45, 2.75) is 71.1 Å². The van der Waals surface area contributed by atoms with Crippen molar-refractivity contribution >= 4 is 0 Å². The molecule has 0 bridgehead atoms. The molecule has 0 radical (unpaired) electrons. The van der Waals surface area contributed by atoms with Crippen molar-refractivity contribution in [2.24, 2.45) is 0 Å². The van der Waals surface area contributed by atoms with Gasteiger partial charge >= 0.3 is 0 Å². The molecule has 0 aromatic heterocycles. The van der Waals surface area contributed by atoms with Crippen molar-refractivity contribution in [3.05, 3.63) is 24.8 Å². The second-order valence-electron chi connectivity index (χ2n) is 4.26. The monoisotopic (exact) mass is 208 g/mol. The maximum Gasteiger partial charge on any atom is -0.0351 e. The Morgan fingerprint density at radius 2 is 1.20 bits per heavy atom. The van der Waals surface area contributed by atoms with Gasteiger partial charge in [0.25, 0.3) is 0 Å². The van der Waals surface area contributed by atoms with Gasteiger partial charge in [0.15, 0.2) is 0 Å². The Labute approximate surface area is 96.5 Å². The highest BCUT2D eigenvalue weighted by molar-refractivity contribution is 4.76. The summed E-state index contributed by atoms with van der Waals surface area (Å²) in [6, 6.07) is 0. The van der Waals surface area contributed by atoms with Crippen LogP contribution < -0.4 is 0 Å². The molecule has 0 aromatic rings. The molecule has 0 fully saturated rings. The minimum absolute atomic E-state index is 1.20. The molecule has 0 saturated heterocycles. The van der Waals surface area contributed by atoms with E-state index in [2.05, 4.69) is 25.7 Å². The predicted molar refractivity (Wildman–Crippen MR) is 71.2 cm³/mol. The summed E-state index contributed by atoms with van der Waals surface area (Å²) in [6.45, 7) is 5.84. The molecule has 0 N–H and O–H groups in total. The van der Waals surface area contributed by atoms with Crippen molar-refractivity contribution in [1.82, 2.24) is 0 Å². The number of hydrogen-bond acceptors (Lipinski definition) is 0. The first kappa shape index (κ1) is 14.5. The number of hydrogen-bond donors (Lipinski definition) is 0. The lowest BCUT2D eigenvalue weighted by Gasteiger charge is -2.00. The molecule has 0 nitrogen and oxygen atoms in total. The predicted octanol–water partition coefficient (Wildman–Crippen LogP) is 5.65. The van der Waals surface area contributed by atoms with E-state index in [1.54, 1.807) is 0 Å². The molecule has 0 rings (SSSR count). The normalized spacial score (nSPS) is 11.0. The van der Waals surface area contributed by atoms with E-state index < -0.39 is 0 Å². The van der Waals surface area contributed by atoms with Crippen LogP contribution in [-0.2, 0) is 0 Å². The minimum Gasteiger partial charge on any atom is -0.103 e. The highest BCUT2D eigenvalue weighted by atomic mass is 14.0. The third-order valence-corrected chi connectivity index (χ3v) is 2.76. The zero-order valence-corrected chi connectivity index (χ0v) is 10.5. The Morgan fingerprint density at radius 1 is 0.733 bits per heavy atom. The van der Waals surface area contributed by atoms with E-state index in [1.165, 1.54) is 64.2 Å². The van der Waals surface area contributed by atoms with Crippen molar-refractivity contribution in [2.75, 3.05) is 0 Å². The highest BCUT2D eigenvalue weighted by Gasteiger charge is 1.90. The fraction of sp³-hybridized carbons (Fsp3) is 0.733. The van der Waals surface area contributed by atoms with Crippen LogP contribution in [0, 0.1) is 0 Å². The molecular weight excluding hydrogens is 180 g/mol. The lowest BCUT2D eigenvalue weighted by atomic mass is 10.1. The number of unbranched alkanes of at least 4 members (excludes halogenated alkanes) is 9. The Morgan fingerprint density at radius 3 is 1.67 bits per heavy atom. The number of rotatable bonds is 11. The summed E-state index contributed by atoms with van der Waals surface area (Å²) in [6.07, 6.45) is 20.2. The van der Waals surface area contributed by atoms with Gasteiger partial charge < -0.3 is 0 Å². The fourth-order valence-corrected chi connectivity index (χ4v) is 1.78. The van der Waals surface area contributed by atoms with Crippen molar-refractivity contribution < 1.29 is 0 Å². The summed E-state index contributed by atoms with van der Waals surface area (Å²) in [5.74, 6) is 0. The Hall–Kier alpha value is -0.520. The lowest BCUT2D eigenvalue weighted by Crippen LogP contribution is -1.80. The molecule has 0 heterocycles. The van der Waals surface area contributed by atoms with Gasteiger partial charge in [-0.15, -0.1) is 6.58 Å². The molecule has 0 aliphatic heterocycles. The van der Waals surface area contributed by atoms with Crippen LogP contribution in [0.25, 0.3) is 0 Å². The summed E-state index contributed by atoms with van der Waals surface area (Å²) >= 11 is 0. The summed E-state index contributed by atoms with van der Waals surface area (Å²) in [7, 11) is 0. The van der Waals surface area contributed by atoms with Crippen LogP contribution >= 0.6 is 0 Å². The van der Waals surface area contributed by atoms with Gasteiger partial charge in [0.05, 0.1) is 0 Å². The van der Waals surface area contributed by atoms with Crippen LogP contribution in [0.4, 0.5) is 0 Å². The smallest absolute Gasteiger partial charge is 0.0351 e. The third-order valence-electron chi connectivity index (χ3n) is 2.76. The average molecular weight is 208 g/mol. The molecule has 0 aliphatic carbocycles. The molecule has 88 valence electrons. The second kappa shape index (κ2) is 13.5. The topological polar surface area (TPSA) is 0 Å². The summed E-state index contributed by atoms with van der Waals surface area (Å²) in [4.78, 5) is 0. The van der Waals surface area contributed by atoms with Crippen LogP contribution in [0.3, 0.4) is 0 Å². The van der Waals surface area contributed by atoms with Crippen LogP contribution in [-0.4, -0.2) is 0 Å². The molecular formula is C15H28.